The van der Waals surface area contributed by atoms with Crippen molar-refractivity contribution in [1.82, 2.24) is 0 Å². The maximum atomic E-state index is 12.2. The lowest BCUT2D eigenvalue weighted by Crippen LogP contribution is -2.04. The van der Waals surface area contributed by atoms with Gasteiger partial charge in [-0.15, -0.1) is 0 Å². The number of phenols is 3. The van der Waals surface area contributed by atoms with E-state index in [4.69, 9.17) is 0 Å². The lowest BCUT2D eigenvalue weighted by Gasteiger charge is -2.15. The van der Waals surface area contributed by atoms with Gasteiger partial charge in [0, 0.05) is 12.0 Å². The van der Waals surface area contributed by atoms with Gasteiger partial charge < -0.3 is 15.3 Å². The molecule has 0 saturated heterocycles. The Morgan fingerprint density at radius 1 is 0.808 bits per heavy atom. The van der Waals surface area contributed by atoms with Crippen LogP contribution in [-0.4, -0.2) is 21.1 Å². The second-order valence-corrected chi connectivity index (χ2v) is 8.29. The quantitative estimate of drug-likeness (QED) is 0.312. The Bertz CT molecular complexity index is 542. The zero-order chi connectivity index (χ0) is 19.7. The summed E-state index contributed by atoms with van der Waals surface area (Å²) in [5.74, 6) is 0.395. The van der Waals surface area contributed by atoms with Crippen molar-refractivity contribution in [3.8, 4) is 17.2 Å². The zero-order valence-corrected chi connectivity index (χ0v) is 16.8. The number of phenolic OH excluding ortho intramolecular Hbond substituents is 3. The van der Waals surface area contributed by atoms with Crippen molar-refractivity contribution in [2.75, 3.05) is 0 Å². The Labute approximate surface area is 158 Å². The van der Waals surface area contributed by atoms with Crippen molar-refractivity contribution in [2.45, 2.75) is 79.1 Å². The van der Waals surface area contributed by atoms with Gasteiger partial charge in [0.05, 0.1) is 0 Å². The first kappa shape index (κ1) is 22.3. The van der Waals surface area contributed by atoms with Gasteiger partial charge >= 0.3 is 0 Å². The first-order valence-corrected chi connectivity index (χ1v) is 9.98. The predicted molar refractivity (Wildman–Crippen MR) is 106 cm³/mol. The van der Waals surface area contributed by atoms with Crippen LogP contribution in [0.5, 0.6) is 17.2 Å². The molecule has 4 heteroatoms. The molecule has 0 aliphatic heterocycles. The number of carbonyl (C=O) groups excluding carboxylic acids is 1. The number of hydrogen-bond acceptors (Lipinski definition) is 4. The molecule has 0 aliphatic carbocycles. The molecule has 0 amide bonds. The first-order chi connectivity index (χ1) is 12.2. The normalized spacial score (nSPS) is 13.7. The number of ketones is 1. The van der Waals surface area contributed by atoms with Gasteiger partial charge in [-0.3, -0.25) is 4.79 Å². The Hall–Kier alpha value is -1.71. The Kier molecular flexibility index (Phi) is 9.53. The molecular formula is C22H36O4. The molecule has 2 atom stereocenters. The van der Waals surface area contributed by atoms with Crippen LogP contribution in [0.15, 0.2) is 12.1 Å². The predicted octanol–water partition coefficient (Wildman–Crippen LogP) is 6.04. The van der Waals surface area contributed by atoms with Crippen LogP contribution >= 0.6 is 0 Å². The lowest BCUT2D eigenvalue weighted by molar-refractivity contribution is 0.0973. The average molecular weight is 365 g/mol. The smallest absolute Gasteiger partial charge is 0.200 e. The van der Waals surface area contributed by atoms with Crippen molar-refractivity contribution in [1.29, 1.82) is 0 Å². The second kappa shape index (κ2) is 11.1. The summed E-state index contributed by atoms with van der Waals surface area (Å²) >= 11 is 0. The topological polar surface area (TPSA) is 77.8 Å². The van der Waals surface area contributed by atoms with E-state index in [0.717, 1.165) is 24.7 Å². The molecule has 4 nitrogen and oxygen atoms in total. The first-order valence-electron chi connectivity index (χ1n) is 9.98. The Morgan fingerprint density at radius 3 is 1.77 bits per heavy atom. The molecule has 0 bridgehead atoms. The maximum absolute atomic E-state index is 12.2. The highest BCUT2D eigenvalue weighted by Crippen LogP contribution is 2.35. The third-order valence-corrected chi connectivity index (χ3v) is 5.13. The summed E-state index contributed by atoms with van der Waals surface area (Å²) in [6.07, 6.45) is 8.67. The third kappa shape index (κ3) is 8.11. The summed E-state index contributed by atoms with van der Waals surface area (Å²) in [5.41, 5.74) is 0.240. The molecule has 0 fully saturated rings. The van der Waals surface area contributed by atoms with Crippen LogP contribution in [0.2, 0.25) is 0 Å². The molecule has 26 heavy (non-hydrogen) atoms. The SMILES string of the molecule is CC(C)CCCC(C)CCCC(C)CCC(=O)c1cc(O)c(O)c(O)c1. The minimum atomic E-state index is -0.586. The van der Waals surface area contributed by atoms with Gasteiger partial charge in [-0.2, -0.15) is 0 Å². The molecule has 148 valence electrons. The Balaban J connectivity index is 2.27. The van der Waals surface area contributed by atoms with Gasteiger partial charge in [-0.05, 0) is 36.3 Å². The molecule has 0 saturated carbocycles. The van der Waals surface area contributed by atoms with E-state index in [1.54, 1.807) is 0 Å². The molecule has 0 aliphatic rings. The van der Waals surface area contributed by atoms with Crippen LogP contribution in [0.25, 0.3) is 0 Å². The van der Waals surface area contributed by atoms with Crippen LogP contribution in [-0.2, 0) is 0 Å². The van der Waals surface area contributed by atoms with E-state index in [1.165, 1.54) is 44.2 Å². The third-order valence-electron chi connectivity index (χ3n) is 5.13. The molecule has 1 rings (SSSR count). The summed E-state index contributed by atoms with van der Waals surface area (Å²) in [6.45, 7) is 9.05. The highest BCUT2D eigenvalue weighted by atomic mass is 16.3. The van der Waals surface area contributed by atoms with E-state index >= 15 is 0 Å². The molecule has 1 aromatic carbocycles. The summed E-state index contributed by atoms with van der Waals surface area (Å²) in [6, 6.07) is 2.42. The number of benzene rings is 1. The van der Waals surface area contributed by atoms with Crippen LogP contribution in [0.4, 0.5) is 0 Å². The molecule has 0 heterocycles. The van der Waals surface area contributed by atoms with Crippen LogP contribution in [0, 0.1) is 17.8 Å². The monoisotopic (exact) mass is 364 g/mol. The summed E-state index contributed by atoms with van der Waals surface area (Å²) < 4.78 is 0. The van der Waals surface area contributed by atoms with E-state index in [0.29, 0.717) is 12.3 Å². The number of hydrogen-bond donors (Lipinski definition) is 3. The largest absolute Gasteiger partial charge is 0.504 e. The minimum absolute atomic E-state index is 0.121. The number of carbonyl (C=O) groups is 1. The fourth-order valence-electron chi connectivity index (χ4n) is 3.27. The summed E-state index contributed by atoms with van der Waals surface area (Å²) in [5, 5.41) is 28.4. The van der Waals surface area contributed by atoms with Gasteiger partial charge in [-0.1, -0.05) is 66.2 Å². The average Bonchev–Trinajstić information content (AvgIpc) is 2.56. The van der Waals surface area contributed by atoms with Crippen LogP contribution < -0.4 is 0 Å². The van der Waals surface area contributed by atoms with Gasteiger partial charge in [-0.25, -0.2) is 0 Å². The van der Waals surface area contributed by atoms with Gasteiger partial charge in [0.15, 0.2) is 23.0 Å². The number of Topliss-reactive ketones (excluding diaryl/α,β-unsaturated/α-hetero) is 1. The van der Waals surface area contributed by atoms with Crippen molar-refractivity contribution in [3.63, 3.8) is 0 Å². The van der Waals surface area contributed by atoms with E-state index in [9.17, 15) is 20.1 Å². The van der Waals surface area contributed by atoms with Gasteiger partial charge in [0.1, 0.15) is 0 Å². The second-order valence-electron chi connectivity index (χ2n) is 8.29. The fraction of sp³-hybridized carbons (Fsp3) is 0.682. The standard InChI is InChI=1S/C22H36O4/c1-15(2)7-5-8-16(3)9-6-10-17(4)11-12-19(23)18-13-20(24)22(26)21(25)14-18/h13-17,24-26H,5-12H2,1-4H3. The number of rotatable bonds is 12. The summed E-state index contributed by atoms with van der Waals surface area (Å²) in [7, 11) is 0. The van der Waals surface area contributed by atoms with Gasteiger partial charge in [0.2, 0.25) is 0 Å². The molecule has 1 aromatic rings. The van der Waals surface area contributed by atoms with Crippen molar-refractivity contribution in [2.24, 2.45) is 17.8 Å². The highest BCUT2D eigenvalue weighted by molar-refractivity contribution is 5.97. The Morgan fingerprint density at radius 2 is 1.27 bits per heavy atom. The van der Waals surface area contributed by atoms with Gasteiger partial charge in [0.25, 0.3) is 0 Å². The molecule has 2 unspecified atom stereocenters. The van der Waals surface area contributed by atoms with E-state index in [1.807, 2.05) is 0 Å². The molecule has 0 radical (unpaired) electrons. The molecule has 3 N–H and O–H groups in total. The van der Waals surface area contributed by atoms with Crippen molar-refractivity contribution >= 4 is 5.78 Å². The van der Waals surface area contributed by atoms with Crippen LogP contribution in [0.3, 0.4) is 0 Å². The van der Waals surface area contributed by atoms with Crippen molar-refractivity contribution in [3.05, 3.63) is 17.7 Å². The molecule has 0 aromatic heterocycles. The van der Waals surface area contributed by atoms with E-state index in [2.05, 4.69) is 27.7 Å². The molecular weight excluding hydrogens is 328 g/mol. The fourth-order valence-corrected chi connectivity index (χ4v) is 3.27. The maximum Gasteiger partial charge on any atom is 0.200 e. The van der Waals surface area contributed by atoms with Crippen LogP contribution in [0.1, 0.15) is 89.4 Å². The summed E-state index contributed by atoms with van der Waals surface area (Å²) in [4.78, 5) is 12.2. The highest BCUT2D eigenvalue weighted by Gasteiger charge is 2.15. The zero-order valence-electron chi connectivity index (χ0n) is 16.8. The molecule has 0 spiro atoms. The van der Waals surface area contributed by atoms with E-state index < -0.39 is 17.2 Å². The van der Waals surface area contributed by atoms with Crippen molar-refractivity contribution < 1.29 is 20.1 Å². The minimum Gasteiger partial charge on any atom is -0.504 e. The number of aromatic hydroxyl groups is 3. The van der Waals surface area contributed by atoms with E-state index in [-0.39, 0.29) is 11.3 Å². The lowest BCUT2D eigenvalue weighted by atomic mass is 9.91.